The Morgan fingerprint density at radius 2 is 1.64 bits per heavy atom. The van der Waals surface area contributed by atoms with Crippen LogP contribution in [0.5, 0.6) is 0 Å². The average molecular weight is 462 g/mol. The molecule has 0 aromatic heterocycles. The maximum atomic E-state index is 10.3. The Bertz CT molecular complexity index is 1080. The fourth-order valence-electron chi connectivity index (χ4n) is 4.55. The first-order chi connectivity index (χ1) is 16.1. The maximum absolute atomic E-state index is 10.3. The van der Waals surface area contributed by atoms with Gasteiger partial charge in [0.15, 0.2) is 5.69 Å². The van der Waals surface area contributed by atoms with E-state index < -0.39 is 0 Å². The molecule has 0 unspecified atom stereocenters. The third-order valence-corrected chi connectivity index (χ3v) is 6.61. The molecule has 1 fully saturated rings. The number of halogens is 1. The molecule has 0 aliphatic carbocycles. The van der Waals surface area contributed by atoms with Crippen LogP contribution in [-0.2, 0) is 6.42 Å². The highest BCUT2D eigenvalue weighted by molar-refractivity contribution is 6.30. The highest BCUT2D eigenvalue weighted by atomic mass is 35.5. The molecule has 0 bridgehead atoms. The monoisotopic (exact) mass is 461 g/mol. The van der Waals surface area contributed by atoms with Crippen molar-refractivity contribution in [2.45, 2.75) is 18.5 Å². The summed E-state index contributed by atoms with van der Waals surface area (Å²) in [5.41, 5.74) is 5.04. The quantitative estimate of drug-likeness (QED) is 0.485. The van der Waals surface area contributed by atoms with E-state index in [0.29, 0.717) is 17.1 Å². The second kappa shape index (κ2) is 10.8. The fraction of sp³-hybridized carbons (Fsp3) is 0.296. The first-order valence-electron chi connectivity index (χ1n) is 11.2. The molecule has 2 N–H and O–H groups in total. The van der Waals surface area contributed by atoms with Crippen molar-refractivity contribution in [3.8, 4) is 0 Å². The van der Waals surface area contributed by atoms with Crippen LogP contribution in [0.1, 0.15) is 28.8 Å². The van der Waals surface area contributed by atoms with Gasteiger partial charge in [0.25, 0.3) is 0 Å². The molecule has 1 saturated heterocycles. The van der Waals surface area contributed by atoms with E-state index in [-0.39, 0.29) is 25.3 Å². The van der Waals surface area contributed by atoms with Gasteiger partial charge in [0.2, 0.25) is 0 Å². The SMILES string of the molecule is [C-]#[N+]c1ccc([C@@H](CO)N2CCN(c3ccc(CCO)cc3)[C@H](c3ccc(Cl)cc3)C2)cc1. The summed E-state index contributed by atoms with van der Waals surface area (Å²) < 4.78 is 0. The molecule has 0 radical (unpaired) electrons. The fourth-order valence-corrected chi connectivity index (χ4v) is 4.68. The normalized spacial score (nSPS) is 17.5. The second-order valence-corrected chi connectivity index (χ2v) is 8.73. The lowest BCUT2D eigenvalue weighted by Crippen LogP contribution is -2.50. The number of anilines is 1. The molecule has 1 aliphatic heterocycles. The number of nitrogens with zero attached hydrogens (tertiary/aromatic N) is 3. The Morgan fingerprint density at radius 3 is 2.24 bits per heavy atom. The standard InChI is InChI=1S/C27H28ClN3O2/c1-29-24-10-6-22(7-11-24)27(19-33)30-15-16-31(25-12-2-20(3-13-25)14-17-32)26(18-30)21-4-8-23(28)9-5-21/h2-13,26-27,32-33H,14-19H2/t26-,27+/m0/s1. The van der Waals surface area contributed by atoms with Gasteiger partial charge in [-0.1, -0.05) is 60.1 Å². The van der Waals surface area contributed by atoms with E-state index in [2.05, 4.69) is 51.0 Å². The Hall–Kier alpha value is -2.88. The minimum atomic E-state index is -0.131. The van der Waals surface area contributed by atoms with E-state index in [0.717, 1.165) is 36.4 Å². The molecule has 0 amide bonds. The molecule has 0 spiro atoms. The van der Waals surface area contributed by atoms with Crippen molar-refractivity contribution in [3.05, 3.63) is 106 Å². The van der Waals surface area contributed by atoms with Gasteiger partial charge in [-0.05, 0) is 47.4 Å². The first-order valence-corrected chi connectivity index (χ1v) is 11.5. The number of piperazine rings is 1. The summed E-state index contributed by atoms with van der Waals surface area (Å²) >= 11 is 6.16. The van der Waals surface area contributed by atoms with Gasteiger partial charge >= 0.3 is 0 Å². The Kier molecular flexibility index (Phi) is 7.64. The lowest BCUT2D eigenvalue weighted by atomic mass is 9.97. The van der Waals surface area contributed by atoms with Gasteiger partial charge in [-0.15, -0.1) is 0 Å². The number of benzene rings is 3. The molecule has 170 valence electrons. The average Bonchev–Trinajstić information content (AvgIpc) is 2.86. The summed E-state index contributed by atoms with van der Waals surface area (Å²) in [6, 6.07) is 23.9. The summed E-state index contributed by atoms with van der Waals surface area (Å²) in [6.07, 6.45) is 0.652. The van der Waals surface area contributed by atoms with Gasteiger partial charge in [-0.2, -0.15) is 0 Å². The van der Waals surface area contributed by atoms with Crippen LogP contribution < -0.4 is 4.90 Å². The predicted molar refractivity (Wildman–Crippen MR) is 133 cm³/mol. The van der Waals surface area contributed by atoms with E-state index in [9.17, 15) is 10.2 Å². The van der Waals surface area contributed by atoms with Gasteiger partial charge < -0.3 is 15.1 Å². The number of rotatable bonds is 7. The minimum absolute atomic E-state index is 0.0144. The van der Waals surface area contributed by atoms with E-state index in [1.54, 1.807) is 0 Å². The largest absolute Gasteiger partial charge is 0.396 e. The van der Waals surface area contributed by atoms with Crippen LogP contribution in [0.3, 0.4) is 0 Å². The number of hydrogen-bond donors (Lipinski definition) is 2. The van der Waals surface area contributed by atoms with Gasteiger partial charge in [-0.25, -0.2) is 4.85 Å². The third kappa shape index (κ3) is 5.38. The molecule has 4 rings (SSSR count). The first kappa shape index (κ1) is 23.3. The smallest absolute Gasteiger partial charge is 0.187 e. The molecule has 0 saturated carbocycles. The van der Waals surface area contributed by atoms with Crippen molar-refractivity contribution in [1.29, 1.82) is 0 Å². The summed E-state index contributed by atoms with van der Waals surface area (Å²) in [4.78, 5) is 8.20. The molecule has 6 heteroatoms. The molecule has 3 aromatic carbocycles. The van der Waals surface area contributed by atoms with Gasteiger partial charge in [0.05, 0.1) is 25.3 Å². The van der Waals surface area contributed by atoms with Crippen LogP contribution >= 0.6 is 11.6 Å². The number of aliphatic hydroxyl groups is 2. The molecule has 1 aliphatic rings. The van der Waals surface area contributed by atoms with Crippen molar-refractivity contribution < 1.29 is 10.2 Å². The molecular weight excluding hydrogens is 434 g/mol. The minimum Gasteiger partial charge on any atom is -0.396 e. The van der Waals surface area contributed by atoms with Crippen molar-refractivity contribution in [3.63, 3.8) is 0 Å². The zero-order valence-corrected chi connectivity index (χ0v) is 19.2. The van der Waals surface area contributed by atoms with Gasteiger partial charge in [0.1, 0.15) is 0 Å². The zero-order chi connectivity index (χ0) is 23.2. The zero-order valence-electron chi connectivity index (χ0n) is 18.4. The van der Waals surface area contributed by atoms with Gasteiger partial charge in [-0.3, -0.25) is 4.90 Å². The number of aliphatic hydroxyl groups excluding tert-OH is 2. The Balaban J connectivity index is 1.62. The van der Waals surface area contributed by atoms with Crippen LogP contribution in [0.25, 0.3) is 4.85 Å². The summed E-state index contributed by atoms with van der Waals surface area (Å²) in [5, 5.41) is 20.2. The summed E-state index contributed by atoms with van der Waals surface area (Å²) in [5.74, 6) is 0. The van der Waals surface area contributed by atoms with Crippen LogP contribution in [0, 0.1) is 6.57 Å². The molecular formula is C27H28ClN3O2. The van der Waals surface area contributed by atoms with Crippen LogP contribution in [0.15, 0.2) is 72.8 Å². The van der Waals surface area contributed by atoms with Crippen LogP contribution in [0.2, 0.25) is 5.02 Å². The van der Waals surface area contributed by atoms with Crippen molar-refractivity contribution >= 4 is 23.0 Å². The Morgan fingerprint density at radius 1 is 0.939 bits per heavy atom. The van der Waals surface area contributed by atoms with Crippen LogP contribution in [-0.4, -0.2) is 48.0 Å². The van der Waals surface area contributed by atoms with E-state index in [1.165, 1.54) is 5.56 Å². The topological polar surface area (TPSA) is 51.3 Å². The lowest BCUT2D eigenvalue weighted by Gasteiger charge is -2.45. The molecule has 33 heavy (non-hydrogen) atoms. The third-order valence-electron chi connectivity index (χ3n) is 6.36. The van der Waals surface area contributed by atoms with Crippen molar-refractivity contribution in [2.24, 2.45) is 0 Å². The maximum Gasteiger partial charge on any atom is 0.187 e. The Labute approximate surface area is 200 Å². The van der Waals surface area contributed by atoms with Gasteiger partial charge in [0, 0.05) is 37.0 Å². The highest BCUT2D eigenvalue weighted by Gasteiger charge is 2.32. The van der Waals surface area contributed by atoms with Crippen molar-refractivity contribution in [1.82, 2.24) is 4.90 Å². The molecule has 3 aromatic rings. The summed E-state index contributed by atoms with van der Waals surface area (Å²) in [7, 11) is 0. The molecule has 2 atom stereocenters. The second-order valence-electron chi connectivity index (χ2n) is 8.30. The van der Waals surface area contributed by atoms with E-state index in [1.807, 2.05) is 36.4 Å². The molecule has 5 nitrogen and oxygen atoms in total. The van der Waals surface area contributed by atoms with E-state index in [4.69, 9.17) is 18.2 Å². The van der Waals surface area contributed by atoms with Crippen LogP contribution in [0.4, 0.5) is 11.4 Å². The lowest BCUT2D eigenvalue weighted by molar-refractivity contribution is 0.103. The highest BCUT2D eigenvalue weighted by Crippen LogP contribution is 2.35. The summed E-state index contributed by atoms with van der Waals surface area (Å²) in [6.45, 7) is 9.69. The molecule has 1 heterocycles. The number of hydrogen-bond acceptors (Lipinski definition) is 4. The van der Waals surface area contributed by atoms with E-state index >= 15 is 0 Å². The van der Waals surface area contributed by atoms with Crippen molar-refractivity contribution in [2.75, 3.05) is 37.7 Å². The predicted octanol–water partition coefficient (Wildman–Crippen LogP) is 5.02.